The molecule has 0 bridgehead atoms. The van der Waals surface area contributed by atoms with Gasteiger partial charge in [-0.2, -0.15) is 0 Å². The smallest absolute Gasteiger partial charge is 0.306 e. The molecule has 1 amide bonds. The van der Waals surface area contributed by atoms with E-state index >= 15 is 0 Å². The van der Waals surface area contributed by atoms with Crippen LogP contribution in [0, 0.1) is 17.7 Å². The van der Waals surface area contributed by atoms with Crippen LogP contribution < -0.4 is 5.32 Å². The van der Waals surface area contributed by atoms with E-state index in [1.165, 1.54) is 18.2 Å². The van der Waals surface area contributed by atoms with Crippen molar-refractivity contribution in [2.45, 2.75) is 25.7 Å². The van der Waals surface area contributed by atoms with Gasteiger partial charge < -0.3 is 10.4 Å². The minimum atomic E-state index is -0.819. The summed E-state index contributed by atoms with van der Waals surface area (Å²) in [5, 5.41) is 11.6. The number of para-hydroxylation sites is 1. The molecule has 2 N–H and O–H groups in total. The van der Waals surface area contributed by atoms with Gasteiger partial charge in [0.1, 0.15) is 5.82 Å². The number of hydrogen-bond donors (Lipinski definition) is 2. The zero-order valence-corrected chi connectivity index (χ0v) is 11.5. The summed E-state index contributed by atoms with van der Waals surface area (Å²) in [5.41, 5.74) is -0.0143. The second kappa shape index (κ2) is 6.22. The molecule has 0 radical (unpaired) electrons. The number of benzene rings is 1. The lowest BCUT2D eigenvalue weighted by atomic mass is 9.81. The van der Waals surface area contributed by atoms with E-state index in [1.54, 1.807) is 0 Å². The van der Waals surface area contributed by atoms with E-state index in [0.717, 1.165) is 0 Å². The molecule has 1 saturated carbocycles. The molecular formula is C14H15ClFNO3. The maximum atomic E-state index is 13.6. The molecule has 1 aliphatic rings. The standard InChI is InChI=1S/C14H15ClFNO3/c15-10-2-1-3-11(16)12(10)17-13(18)8-4-6-9(7-5-8)14(19)20/h1-3,8-9H,4-7H2,(H,17,18)(H,19,20). The van der Waals surface area contributed by atoms with Crippen LogP contribution in [-0.4, -0.2) is 17.0 Å². The van der Waals surface area contributed by atoms with Gasteiger partial charge in [-0.05, 0) is 37.8 Å². The monoisotopic (exact) mass is 299 g/mol. The molecule has 0 saturated heterocycles. The Bertz CT molecular complexity index is 507. The third-order valence-corrected chi connectivity index (χ3v) is 3.97. The normalized spacial score (nSPS) is 22.3. The number of carboxylic acid groups (broad SMARTS) is 1. The maximum absolute atomic E-state index is 13.6. The fourth-order valence-electron chi connectivity index (χ4n) is 2.45. The Kier molecular flexibility index (Phi) is 4.60. The predicted molar refractivity (Wildman–Crippen MR) is 73.1 cm³/mol. The highest BCUT2D eigenvalue weighted by atomic mass is 35.5. The van der Waals surface area contributed by atoms with Gasteiger partial charge in [0.05, 0.1) is 16.6 Å². The van der Waals surface area contributed by atoms with Crippen molar-refractivity contribution in [2.75, 3.05) is 5.32 Å². The summed E-state index contributed by atoms with van der Waals surface area (Å²) in [6.07, 6.45) is 1.93. The van der Waals surface area contributed by atoms with Crippen molar-refractivity contribution < 1.29 is 19.1 Å². The summed E-state index contributed by atoms with van der Waals surface area (Å²) in [6, 6.07) is 4.19. The zero-order valence-electron chi connectivity index (χ0n) is 10.7. The predicted octanol–water partition coefficient (Wildman–Crippen LogP) is 3.31. The number of anilines is 1. The summed E-state index contributed by atoms with van der Waals surface area (Å²) in [6.45, 7) is 0. The molecule has 0 heterocycles. The summed E-state index contributed by atoms with van der Waals surface area (Å²) >= 11 is 5.84. The highest BCUT2D eigenvalue weighted by molar-refractivity contribution is 6.33. The number of halogens is 2. The lowest BCUT2D eigenvalue weighted by molar-refractivity contribution is -0.143. The fourth-order valence-corrected chi connectivity index (χ4v) is 2.66. The van der Waals surface area contributed by atoms with E-state index in [0.29, 0.717) is 25.7 Å². The van der Waals surface area contributed by atoms with Crippen LogP contribution in [0.1, 0.15) is 25.7 Å². The molecule has 1 aromatic carbocycles. The lowest BCUT2D eigenvalue weighted by Crippen LogP contribution is -2.29. The first-order valence-electron chi connectivity index (χ1n) is 6.46. The van der Waals surface area contributed by atoms with E-state index in [1.807, 2.05) is 0 Å². The van der Waals surface area contributed by atoms with Crippen LogP contribution >= 0.6 is 11.6 Å². The van der Waals surface area contributed by atoms with Crippen LogP contribution in [0.15, 0.2) is 18.2 Å². The van der Waals surface area contributed by atoms with Gasteiger partial charge >= 0.3 is 5.97 Å². The second-order valence-corrected chi connectivity index (χ2v) is 5.38. The molecule has 6 heteroatoms. The molecule has 108 valence electrons. The number of nitrogens with one attached hydrogen (secondary N) is 1. The third-order valence-electron chi connectivity index (χ3n) is 3.66. The van der Waals surface area contributed by atoms with Crippen molar-refractivity contribution in [3.8, 4) is 0 Å². The van der Waals surface area contributed by atoms with Crippen LogP contribution in [0.5, 0.6) is 0 Å². The molecular weight excluding hydrogens is 285 g/mol. The minimum absolute atomic E-state index is 0.0143. The molecule has 1 aliphatic carbocycles. The van der Waals surface area contributed by atoms with Gasteiger partial charge in [-0.1, -0.05) is 17.7 Å². The van der Waals surface area contributed by atoms with E-state index in [4.69, 9.17) is 16.7 Å². The van der Waals surface area contributed by atoms with Gasteiger partial charge in [0.2, 0.25) is 5.91 Å². The summed E-state index contributed by atoms with van der Waals surface area (Å²) in [5.74, 6) is -2.37. The van der Waals surface area contributed by atoms with Crippen LogP contribution in [-0.2, 0) is 9.59 Å². The average molecular weight is 300 g/mol. The van der Waals surface area contributed by atoms with Crippen molar-refractivity contribution in [1.82, 2.24) is 0 Å². The Hall–Kier alpha value is -1.62. The first-order valence-corrected chi connectivity index (χ1v) is 6.84. The van der Waals surface area contributed by atoms with Crippen molar-refractivity contribution >= 4 is 29.2 Å². The molecule has 1 fully saturated rings. The largest absolute Gasteiger partial charge is 0.481 e. The number of carbonyl (C=O) groups is 2. The van der Waals surface area contributed by atoms with E-state index in [9.17, 15) is 14.0 Å². The first kappa shape index (κ1) is 14.8. The van der Waals surface area contributed by atoms with Crippen LogP contribution in [0.25, 0.3) is 0 Å². The van der Waals surface area contributed by atoms with Gasteiger partial charge in [0.25, 0.3) is 0 Å². The summed E-state index contributed by atoms with van der Waals surface area (Å²) in [4.78, 5) is 22.9. The van der Waals surface area contributed by atoms with Crippen molar-refractivity contribution in [2.24, 2.45) is 11.8 Å². The first-order chi connectivity index (χ1) is 9.49. The van der Waals surface area contributed by atoms with E-state index in [-0.39, 0.29) is 28.5 Å². The SMILES string of the molecule is O=C(O)C1CCC(C(=O)Nc2c(F)cccc2Cl)CC1. The molecule has 20 heavy (non-hydrogen) atoms. The highest BCUT2D eigenvalue weighted by Gasteiger charge is 2.30. The van der Waals surface area contributed by atoms with Gasteiger partial charge in [0, 0.05) is 5.92 Å². The van der Waals surface area contributed by atoms with E-state index < -0.39 is 11.8 Å². The highest BCUT2D eigenvalue weighted by Crippen LogP contribution is 2.31. The quantitative estimate of drug-likeness (QED) is 0.900. The van der Waals surface area contributed by atoms with Crippen LogP contribution in [0.2, 0.25) is 5.02 Å². The van der Waals surface area contributed by atoms with Crippen molar-refractivity contribution in [1.29, 1.82) is 0 Å². The van der Waals surface area contributed by atoms with E-state index in [2.05, 4.69) is 5.32 Å². The van der Waals surface area contributed by atoms with Gasteiger partial charge in [-0.15, -0.1) is 0 Å². The molecule has 0 unspecified atom stereocenters. The molecule has 0 aliphatic heterocycles. The topological polar surface area (TPSA) is 66.4 Å². The van der Waals surface area contributed by atoms with Crippen molar-refractivity contribution in [3.05, 3.63) is 29.0 Å². The maximum Gasteiger partial charge on any atom is 0.306 e. The minimum Gasteiger partial charge on any atom is -0.481 e. The molecule has 2 rings (SSSR count). The molecule has 0 spiro atoms. The molecule has 4 nitrogen and oxygen atoms in total. The second-order valence-electron chi connectivity index (χ2n) is 4.97. The van der Waals surface area contributed by atoms with Gasteiger partial charge in [-0.3, -0.25) is 9.59 Å². The number of aliphatic carboxylic acids is 1. The summed E-state index contributed by atoms with van der Waals surface area (Å²) < 4.78 is 13.6. The van der Waals surface area contributed by atoms with Crippen LogP contribution in [0.3, 0.4) is 0 Å². The Morgan fingerprint density at radius 1 is 1.20 bits per heavy atom. The van der Waals surface area contributed by atoms with Gasteiger partial charge in [0.15, 0.2) is 0 Å². The lowest BCUT2D eigenvalue weighted by Gasteiger charge is -2.25. The number of amides is 1. The zero-order chi connectivity index (χ0) is 14.7. The van der Waals surface area contributed by atoms with Crippen molar-refractivity contribution in [3.63, 3.8) is 0 Å². The molecule has 0 atom stereocenters. The Morgan fingerprint density at radius 2 is 1.80 bits per heavy atom. The molecule has 1 aromatic rings. The number of rotatable bonds is 3. The Morgan fingerprint density at radius 3 is 2.35 bits per heavy atom. The summed E-state index contributed by atoms with van der Waals surface area (Å²) in [7, 11) is 0. The van der Waals surface area contributed by atoms with Crippen LogP contribution in [0.4, 0.5) is 10.1 Å². The molecule has 0 aromatic heterocycles. The Balaban J connectivity index is 1.98. The number of hydrogen-bond acceptors (Lipinski definition) is 2. The van der Waals surface area contributed by atoms with Gasteiger partial charge in [-0.25, -0.2) is 4.39 Å². The third kappa shape index (κ3) is 3.28. The average Bonchev–Trinajstić information content (AvgIpc) is 2.43. The fraction of sp³-hybridized carbons (Fsp3) is 0.429. The number of carbonyl (C=O) groups excluding carboxylic acids is 1. The number of carboxylic acids is 1. The Labute approximate surface area is 120 Å².